The monoisotopic (exact) mass is 330 g/mol. The van der Waals surface area contributed by atoms with E-state index in [0.29, 0.717) is 16.6 Å². The largest absolute Gasteiger partial charge is 0.380 e. The smallest absolute Gasteiger partial charge is 0.0648 e. The van der Waals surface area contributed by atoms with Crippen LogP contribution >= 0.6 is 39.1 Å². The van der Waals surface area contributed by atoms with Gasteiger partial charge in [-0.3, -0.25) is 4.98 Å². The van der Waals surface area contributed by atoms with E-state index >= 15 is 0 Å². The number of benzene rings is 1. The van der Waals surface area contributed by atoms with Crippen molar-refractivity contribution in [3.8, 4) is 0 Å². The van der Waals surface area contributed by atoms with Gasteiger partial charge in [0.25, 0.3) is 0 Å². The Kier molecular flexibility index (Phi) is 4.26. The number of halogens is 3. The lowest BCUT2D eigenvalue weighted by molar-refractivity contribution is 1.13. The van der Waals surface area contributed by atoms with E-state index in [1.54, 1.807) is 12.4 Å². The molecule has 0 spiro atoms. The first-order chi connectivity index (χ1) is 8.16. The van der Waals surface area contributed by atoms with Crippen molar-refractivity contribution in [3.05, 3.63) is 56.7 Å². The van der Waals surface area contributed by atoms with Gasteiger partial charge in [0.05, 0.1) is 15.7 Å². The topological polar surface area (TPSA) is 24.9 Å². The summed E-state index contributed by atoms with van der Waals surface area (Å²) < 4.78 is 0.954. The highest BCUT2D eigenvalue weighted by Gasteiger charge is 2.03. The van der Waals surface area contributed by atoms with Crippen molar-refractivity contribution in [2.45, 2.75) is 6.54 Å². The minimum absolute atomic E-state index is 0.614. The van der Waals surface area contributed by atoms with E-state index in [0.717, 1.165) is 15.7 Å². The van der Waals surface area contributed by atoms with Crippen molar-refractivity contribution >= 4 is 44.8 Å². The molecule has 0 amide bonds. The third-order valence-electron chi connectivity index (χ3n) is 2.26. The van der Waals surface area contributed by atoms with Crippen LogP contribution in [0.15, 0.2) is 41.1 Å². The highest BCUT2D eigenvalue weighted by atomic mass is 79.9. The van der Waals surface area contributed by atoms with E-state index in [1.807, 2.05) is 24.3 Å². The highest BCUT2D eigenvalue weighted by Crippen LogP contribution is 2.26. The van der Waals surface area contributed by atoms with Crippen molar-refractivity contribution in [2.75, 3.05) is 5.32 Å². The summed E-state index contributed by atoms with van der Waals surface area (Å²) in [6.07, 6.45) is 3.34. The van der Waals surface area contributed by atoms with Gasteiger partial charge in [-0.25, -0.2) is 0 Å². The molecule has 0 fully saturated rings. The molecule has 88 valence electrons. The Morgan fingerprint density at radius 3 is 2.71 bits per heavy atom. The predicted molar refractivity (Wildman–Crippen MR) is 75.7 cm³/mol. The number of hydrogen-bond donors (Lipinski definition) is 1. The summed E-state index contributed by atoms with van der Waals surface area (Å²) in [6, 6.07) is 7.57. The standard InChI is InChI=1S/C12H9BrCl2N2/c13-9-1-2-12(10(14)5-9)17-6-8-3-4-16-7-11(8)15/h1-5,7,17H,6H2. The fourth-order valence-corrected chi connectivity index (χ4v) is 2.30. The van der Waals surface area contributed by atoms with Gasteiger partial charge in [0, 0.05) is 23.4 Å². The van der Waals surface area contributed by atoms with Crippen LogP contribution in [0.3, 0.4) is 0 Å². The molecule has 0 radical (unpaired) electrons. The van der Waals surface area contributed by atoms with E-state index in [1.165, 1.54) is 0 Å². The van der Waals surface area contributed by atoms with Crippen LogP contribution in [0.2, 0.25) is 10.0 Å². The van der Waals surface area contributed by atoms with E-state index in [9.17, 15) is 0 Å². The molecule has 0 unspecified atom stereocenters. The number of nitrogens with zero attached hydrogens (tertiary/aromatic N) is 1. The third-order valence-corrected chi connectivity index (χ3v) is 3.40. The first-order valence-electron chi connectivity index (χ1n) is 4.94. The van der Waals surface area contributed by atoms with E-state index in [2.05, 4.69) is 26.2 Å². The molecule has 1 aromatic carbocycles. The van der Waals surface area contributed by atoms with Gasteiger partial charge in [-0.1, -0.05) is 39.1 Å². The maximum atomic E-state index is 6.10. The quantitative estimate of drug-likeness (QED) is 0.876. The Labute approximate surface area is 118 Å². The van der Waals surface area contributed by atoms with Crippen molar-refractivity contribution < 1.29 is 0 Å². The fourth-order valence-electron chi connectivity index (χ4n) is 1.37. The molecule has 1 heterocycles. The second-order valence-corrected chi connectivity index (χ2v) is 5.17. The molecule has 1 aromatic heterocycles. The maximum absolute atomic E-state index is 6.10. The minimum Gasteiger partial charge on any atom is -0.380 e. The zero-order valence-electron chi connectivity index (χ0n) is 8.75. The Hall–Kier alpha value is -0.770. The fraction of sp³-hybridized carbons (Fsp3) is 0.0833. The van der Waals surface area contributed by atoms with E-state index in [-0.39, 0.29) is 0 Å². The number of hydrogen-bond acceptors (Lipinski definition) is 2. The van der Waals surface area contributed by atoms with Gasteiger partial charge >= 0.3 is 0 Å². The summed E-state index contributed by atoms with van der Waals surface area (Å²) in [5.74, 6) is 0. The molecule has 0 bridgehead atoms. The van der Waals surface area contributed by atoms with Gasteiger partial charge < -0.3 is 5.32 Å². The lowest BCUT2D eigenvalue weighted by Gasteiger charge is -2.09. The summed E-state index contributed by atoms with van der Waals surface area (Å²) in [5, 5.41) is 4.55. The summed E-state index contributed by atoms with van der Waals surface area (Å²) >= 11 is 15.5. The summed E-state index contributed by atoms with van der Waals surface area (Å²) in [6.45, 7) is 0.614. The molecule has 0 saturated heterocycles. The van der Waals surface area contributed by atoms with Crippen LogP contribution in [-0.2, 0) is 6.54 Å². The maximum Gasteiger partial charge on any atom is 0.0648 e. The molecular formula is C12H9BrCl2N2. The van der Waals surface area contributed by atoms with Crippen LogP contribution in [0.5, 0.6) is 0 Å². The molecule has 2 aromatic rings. The van der Waals surface area contributed by atoms with Gasteiger partial charge in [-0.15, -0.1) is 0 Å². The summed E-state index contributed by atoms with van der Waals surface area (Å²) in [4.78, 5) is 3.94. The molecule has 0 aliphatic carbocycles. The lowest BCUT2D eigenvalue weighted by Crippen LogP contribution is -2.00. The first kappa shape index (κ1) is 12.7. The van der Waals surface area contributed by atoms with Crippen LogP contribution in [-0.4, -0.2) is 4.98 Å². The van der Waals surface area contributed by atoms with Gasteiger partial charge in [0.1, 0.15) is 0 Å². The van der Waals surface area contributed by atoms with Crippen LogP contribution in [0.1, 0.15) is 5.56 Å². The second kappa shape index (κ2) is 5.71. The SMILES string of the molecule is Clc1cnccc1CNc1ccc(Br)cc1Cl. The molecule has 2 nitrogen and oxygen atoms in total. The Bertz CT molecular complexity index is 532. The molecule has 0 aliphatic rings. The zero-order valence-corrected chi connectivity index (χ0v) is 11.9. The van der Waals surface area contributed by atoms with Crippen molar-refractivity contribution in [3.63, 3.8) is 0 Å². The number of rotatable bonds is 3. The molecular weight excluding hydrogens is 323 g/mol. The van der Waals surface area contributed by atoms with Gasteiger partial charge in [-0.2, -0.15) is 0 Å². The van der Waals surface area contributed by atoms with Crippen molar-refractivity contribution in [1.82, 2.24) is 4.98 Å². The van der Waals surface area contributed by atoms with E-state index < -0.39 is 0 Å². The normalized spacial score (nSPS) is 10.3. The van der Waals surface area contributed by atoms with Crippen LogP contribution in [0.4, 0.5) is 5.69 Å². The number of pyridine rings is 1. The summed E-state index contributed by atoms with van der Waals surface area (Å²) in [7, 11) is 0. The first-order valence-corrected chi connectivity index (χ1v) is 6.49. The predicted octanol–water partition coefficient (Wildman–Crippen LogP) is 4.76. The highest BCUT2D eigenvalue weighted by molar-refractivity contribution is 9.10. The molecule has 2 rings (SSSR count). The molecule has 5 heteroatoms. The van der Waals surface area contributed by atoms with Gasteiger partial charge in [0.15, 0.2) is 0 Å². The van der Waals surface area contributed by atoms with Gasteiger partial charge in [0.2, 0.25) is 0 Å². The van der Waals surface area contributed by atoms with Crippen molar-refractivity contribution in [1.29, 1.82) is 0 Å². The van der Waals surface area contributed by atoms with Crippen molar-refractivity contribution in [2.24, 2.45) is 0 Å². The molecule has 0 atom stereocenters. The average molecular weight is 332 g/mol. The Morgan fingerprint density at radius 1 is 1.18 bits per heavy atom. The Balaban J connectivity index is 2.10. The lowest BCUT2D eigenvalue weighted by atomic mass is 10.2. The van der Waals surface area contributed by atoms with E-state index in [4.69, 9.17) is 23.2 Å². The number of aromatic nitrogens is 1. The molecule has 17 heavy (non-hydrogen) atoms. The summed E-state index contributed by atoms with van der Waals surface area (Å²) in [5.41, 5.74) is 1.86. The molecule has 0 aliphatic heterocycles. The minimum atomic E-state index is 0.614. The zero-order chi connectivity index (χ0) is 12.3. The molecule has 1 N–H and O–H groups in total. The van der Waals surface area contributed by atoms with Crippen LogP contribution in [0, 0.1) is 0 Å². The Morgan fingerprint density at radius 2 is 2.00 bits per heavy atom. The number of anilines is 1. The number of nitrogens with one attached hydrogen (secondary N) is 1. The van der Waals surface area contributed by atoms with Crippen LogP contribution in [0.25, 0.3) is 0 Å². The van der Waals surface area contributed by atoms with Crippen LogP contribution < -0.4 is 5.32 Å². The third kappa shape index (κ3) is 3.35. The van der Waals surface area contributed by atoms with Gasteiger partial charge in [-0.05, 0) is 29.8 Å². The second-order valence-electron chi connectivity index (χ2n) is 3.44. The average Bonchev–Trinajstić information content (AvgIpc) is 2.30. The molecule has 0 saturated carbocycles.